The molecular formula is C21H24F3N7. The van der Waals surface area contributed by atoms with Crippen molar-refractivity contribution in [2.24, 2.45) is 0 Å². The third-order valence-electron chi connectivity index (χ3n) is 5.22. The molecule has 1 saturated heterocycles. The summed E-state index contributed by atoms with van der Waals surface area (Å²) in [5.74, 6) is 0.874. The fraction of sp³-hybridized carbons (Fsp3) is 0.381. The van der Waals surface area contributed by atoms with Gasteiger partial charge in [-0.2, -0.15) is 18.2 Å². The Kier molecular flexibility index (Phi) is 5.81. The molecule has 2 aromatic heterocycles. The Morgan fingerprint density at radius 2 is 2.06 bits per heavy atom. The van der Waals surface area contributed by atoms with Crippen molar-refractivity contribution in [3.8, 4) is 0 Å². The van der Waals surface area contributed by atoms with Crippen LogP contribution in [0.25, 0.3) is 11.0 Å². The Hall–Kier alpha value is -3.14. The number of nitrogens with two attached hydrogens (primary N) is 1. The van der Waals surface area contributed by atoms with E-state index in [0.29, 0.717) is 22.9 Å². The lowest BCUT2D eigenvalue weighted by molar-refractivity contribution is -0.136. The summed E-state index contributed by atoms with van der Waals surface area (Å²) in [5, 5.41) is 6.42. The molecule has 0 bridgehead atoms. The van der Waals surface area contributed by atoms with Gasteiger partial charge in [-0.05, 0) is 49.7 Å². The van der Waals surface area contributed by atoms with E-state index in [9.17, 15) is 13.2 Å². The van der Waals surface area contributed by atoms with Crippen LogP contribution >= 0.6 is 0 Å². The standard InChI is InChI=1S/C21H24F3N7/c1-2-8-26-14-7-10-31(12-14)19-18-17(4-3-9-27-18)29-20(30-19)28-13-5-6-16(25)15(11-13)21(22,23)24/h3-6,9,11,14,26H,2,7-8,10,12,25H2,1H3,(H,28,29,30). The first-order valence-electron chi connectivity index (χ1n) is 10.2. The van der Waals surface area contributed by atoms with Crippen molar-refractivity contribution >= 4 is 34.2 Å². The van der Waals surface area contributed by atoms with Gasteiger partial charge in [0.15, 0.2) is 5.82 Å². The van der Waals surface area contributed by atoms with Crippen LogP contribution in [0.4, 0.5) is 36.3 Å². The van der Waals surface area contributed by atoms with Gasteiger partial charge in [0.25, 0.3) is 0 Å². The predicted molar refractivity (Wildman–Crippen MR) is 115 cm³/mol. The molecule has 1 fully saturated rings. The summed E-state index contributed by atoms with van der Waals surface area (Å²) in [6, 6.07) is 7.60. The summed E-state index contributed by atoms with van der Waals surface area (Å²) in [4.78, 5) is 15.6. The molecule has 0 aliphatic carbocycles. The molecule has 1 aliphatic heterocycles. The van der Waals surface area contributed by atoms with Gasteiger partial charge in [0.1, 0.15) is 5.52 Å². The average Bonchev–Trinajstić information content (AvgIpc) is 3.21. The van der Waals surface area contributed by atoms with Crippen LogP contribution in [0.15, 0.2) is 36.5 Å². The first kappa shape index (κ1) is 21.1. The third kappa shape index (κ3) is 4.63. The molecule has 0 spiro atoms. The first-order valence-corrected chi connectivity index (χ1v) is 10.2. The van der Waals surface area contributed by atoms with E-state index in [1.807, 2.05) is 6.07 Å². The molecule has 3 aromatic rings. The second kappa shape index (κ2) is 8.54. The van der Waals surface area contributed by atoms with Crippen LogP contribution in [-0.2, 0) is 6.18 Å². The van der Waals surface area contributed by atoms with E-state index in [-0.39, 0.29) is 17.3 Å². The Morgan fingerprint density at radius 3 is 2.84 bits per heavy atom. The fourth-order valence-corrected chi connectivity index (χ4v) is 3.70. The van der Waals surface area contributed by atoms with Crippen molar-refractivity contribution in [3.63, 3.8) is 0 Å². The number of hydrogen-bond donors (Lipinski definition) is 3. The largest absolute Gasteiger partial charge is 0.418 e. The zero-order valence-corrected chi connectivity index (χ0v) is 17.1. The number of benzene rings is 1. The number of nitrogens with one attached hydrogen (secondary N) is 2. The summed E-state index contributed by atoms with van der Waals surface area (Å²) >= 11 is 0. The van der Waals surface area contributed by atoms with E-state index < -0.39 is 11.7 Å². The number of anilines is 4. The van der Waals surface area contributed by atoms with E-state index >= 15 is 0 Å². The summed E-state index contributed by atoms with van der Waals surface area (Å²) in [5.41, 5.74) is 5.76. The number of hydrogen-bond acceptors (Lipinski definition) is 7. The molecule has 31 heavy (non-hydrogen) atoms. The molecule has 1 atom stereocenters. The maximum absolute atomic E-state index is 13.2. The lowest BCUT2D eigenvalue weighted by Crippen LogP contribution is -2.33. The molecule has 0 saturated carbocycles. The zero-order chi connectivity index (χ0) is 22.0. The average molecular weight is 431 g/mol. The monoisotopic (exact) mass is 431 g/mol. The Labute approximate surface area is 177 Å². The van der Waals surface area contributed by atoms with Crippen LogP contribution in [0.3, 0.4) is 0 Å². The Bertz CT molecular complexity index is 1070. The number of fused-ring (bicyclic) bond motifs is 1. The second-order valence-corrected chi connectivity index (χ2v) is 7.55. The molecule has 10 heteroatoms. The van der Waals surface area contributed by atoms with Crippen molar-refractivity contribution in [2.75, 3.05) is 35.6 Å². The van der Waals surface area contributed by atoms with Crippen LogP contribution in [0.2, 0.25) is 0 Å². The SMILES string of the molecule is CCCNC1CCN(c2nc(Nc3ccc(N)c(C(F)(F)F)c3)nc3cccnc23)C1. The highest BCUT2D eigenvalue weighted by Crippen LogP contribution is 2.36. The number of halogens is 3. The van der Waals surface area contributed by atoms with Crippen LogP contribution in [0.5, 0.6) is 0 Å². The van der Waals surface area contributed by atoms with E-state index in [1.54, 1.807) is 12.3 Å². The van der Waals surface area contributed by atoms with E-state index in [2.05, 4.69) is 37.4 Å². The van der Waals surface area contributed by atoms with Gasteiger partial charge in [0, 0.05) is 36.7 Å². The number of nitrogens with zero attached hydrogens (tertiary/aromatic N) is 4. The van der Waals surface area contributed by atoms with Gasteiger partial charge in [-0.1, -0.05) is 6.92 Å². The van der Waals surface area contributed by atoms with Gasteiger partial charge in [-0.3, -0.25) is 4.98 Å². The molecule has 0 amide bonds. The highest BCUT2D eigenvalue weighted by Gasteiger charge is 2.33. The molecule has 4 rings (SSSR count). The summed E-state index contributed by atoms with van der Waals surface area (Å²) in [6.45, 7) is 4.67. The first-order chi connectivity index (χ1) is 14.8. The Balaban J connectivity index is 1.66. The third-order valence-corrected chi connectivity index (χ3v) is 5.22. The minimum Gasteiger partial charge on any atom is -0.398 e. The predicted octanol–water partition coefficient (Wildman–Crippen LogP) is 3.95. The molecule has 1 aliphatic rings. The smallest absolute Gasteiger partial charge is 0.398 e. The van der Waals surface area contributed by atoms with E-state index in [0.717, 1.165) is 38.5 Å². The number of pyridine rings is 1. The maximum Gasteiger partial charge on any atom is 0.418 e. The summed E-state index contributed by atoms with van der Waals surface area (Å²) < 4.78 is 39.6. The van der Waals surface area contributed by atoms with Gasteiger partial charge < -0.3 is 21.3 Å². The molecule has 4 N–H and O–H groups in total. The van der Waals surface area contributed by atoms with Gasteiger partial charge in [0.05, 0.1) is 11.1 Å². The Morgan fingerprint density at radius 1 is 1.23 bits per heavy atom. The molecule has 7 nitrogen and oxygen atoms in total. The van der Waals surface area contributed by atoms with Crippen LogP contribution < -0.4 is 21.3 Å². The second-order valence-electron chi connectivity index (χ2n) is 7.55. The quantitative estimate of drug-likeness (QED) is 0.509. The highest BCUT2D eigenvalue weighted by atomic mass is 19.4. The van der Waals surface area contributed by atoms with Crippen LogP contribution in [0, 0.1) is 0 Å². The summed E-state index contributed by atoms with van der Waals surface area (Å²) in [6.07, 6.45) is -0.823. The number of alkyl halides is 3. The number of nitrogen functional groups attached to an aromatic ring is 1. The fourth-order valence-electron chi connectivity index (χ4n) is 3.70. The topological polar surface area (TPSA) is 92.0 Å². The lowest BCUT2D eigenvalue weighted by atomic mass is 10.1. The van der Waals surface area contributed by atoms with E-state index in [4.69, 9.17) is 5.73 Å². The molecule has 164 valence electrons. The molecule has 1 unspecified atom stereocenters. The van der Waals surface area contributed by atoms with Gasteiger partial charge in [-0.15, -0.1) is 0 Å². The minimum atomic E-state index is -4.54. The van der Waals surface area contributed by atoms with Gasteiger partial charge >= 0.3 is 6.18 Å². The van der Waals surface area contributed by atoms with Crippen molar-refractivity contribution in [3.05, 3.63) is 42.1 Å². The van der Waals surface area contributed by atoms with Gasteiger partial charge in [-0.25, -0.2) is 4.98 Å². The van der Waals surface area contributed by atoms with Crippen molar-refractivity contribution in [1.29, 1.82) is 0 Å². The maximum atomic E-state index is 13.2. The normalized spacial score (nSPS) is 16.8. The molecule has 1 aromatic carbocycles. The van der Waals surface area contributed by atoms with E-state index in [1.165, 1.54) is 12.1 Å². The van der Waals surface area contributed by atoms with Crippen molar-refractivity contribution in [1.82, 2.24) is 20.3 Å². The van der Waals surface area contributed by atoms with Crippen LogP contribution in [-0.4, -0.2) is 40.6 Å². The van der Waals surface area contributed by atoms with Gasteiger partial charge in [0.2, 0.25) is 5.95 Å². The summed E-state index contributed by atoms with van der Waals surface area (Å²) in [7, 11) is 0. The number of rotatable bonds is 6. The zero-order valence-electron chi connectivity index (χ0n) is 17.1. The van der Waals surface area contributed by atoms with Crippen molar-refractivity contribution < 1.29 is 13.2 Å². The lowest BCUT2D eigenvalue weighted by Gasteiger charge is -2.20. The molecular weight excluding hydrogens is 407 g/mol. The minimum absolute atomic E-state index is 0.207. The molecule has 3 heterocycles. The van der Waals surface area contributed by atoms with Crippen molar-refractivity contribution in [2.45, 2.75) is 32.0 Å². The number of aromatic nitrogens is 3. The molecule has 0 radical (unpaired) electrons. The van der Waals surface area contributed by atoms with Crippen LogP contribution in [0.1, 0.15) is 25.3 Å². The highest BCUT2D eigenvalue weighted by molar-refractivity contribution is 5.87.